The Morgan fingerprint density at radius 1 is 1.20 bits per heavy atom. The SMILES string of the molecule is CC(C)(C)OC(=O)N/N=C1\CCCCc2ccccc21. The largest absolute Gasteiger partial charge is 0.443 e. The zero-order valence-electron chi connectivity index (χ0n) is 12.4. The molecule has 2 rings (SSSR count). The maximum Gasteiger partial charge on any atom is 0.428 e. The number of amides is 1. The molecule has 1 amide bonds. The molecule has 0 unspecified atom stereocenters. The number of nitrogens with zero attached hydrogens (tertiary/aromatic N) is 1. The Kier molecular flexibility index (Phi) is 4.42. The van der Waals surface area contributed by atoms with Gasteiger partial charge >= 0.3 is 6.09 Å². The molecule has 0 saturated carbocycles. The second kappa shape index (κ2) is 6.07. The minimum Gasteiger partial charge on any atom is -0.443 e. The van der Waals surface area contributed by atoms with E-state index in [1.165, 1.54) is 5.56 Å². The molecule has 0 bridgehead atoms. The first kappa shape index (κ1) is 14.6. The van der Waals surface area contributed by atoms with E-state index in [0.717, 1.165) is 37.0 Å². The lowest BCUT2D eigenvalue weighted by atomic mass is 10.0. The van der Waals surface area contributed by atoms with Crippen LogP contribution in [0.3, 0.4) is 0 Å². The Labute approximate surface area is 120 Å². The maximum absolute atomic E-state index is 11.7. The van der Waals surface area contributed by atoms with Crippen molar-refractivity contribution in [2.45, 2.75) is 52.1 Å². The minimum absolute atomic E-state index is 0.508. The summed E-state index contributed by atoms with van der Waals surface area (Å²) < 4.78 is 5.19. The Balaban J connectivity index is 2.12. The Hall–Kier alpha value is -1.84. The molecule has 1 aliphatic rings. The summed E-state index contributed by atoms with van der Waals surface area (Å²) in [5, 5.41) is 4.26. The number of carbonyl (C=O) groups excluding carboxylic acids is 1. The van der Waals surface area contributed by atoms with E-state index in [1.807, 2.05) is 32.9 Å². The summed E-state index contributed by atoms with van der Waals surface area (Å²) in [5.41, 5.74) is 5.37. The van der Waals surface area contributed by atoms with Gasteiger partial charge in [0.25, 0.3) is 0 Å². The molecular weight excluding hydrogens is 252 g/mol. The number of aryl methyl sites for hydroxylation is 1. The zero-order chi connectivity index (χ0) is 14.6. The van der Waals surface area contributed by atoms with Gasteiger partial charge in [-0.2, -0.15) is 5.10 Å². The van der Waals surface area contributed by atoms with Gasteiger partial charge in [0.15, 0.2) is 0 Å². The predicted molar refractivity (Wildman–Crippen MR) is 79.9 cm³/mol. The standard InChI is InChI=1S/C16H22N2O2/c1-16(2,3)20-15(19)18-17-14-11-7-5-9-12-8-4-6-10-13(12)14/h4,6,8,10H,5,7,9,11H2,1-3H3,(H,18,19)/b17-14+. The van der Waals surface area contributed by atoms with E-state index in [9.17, 15) is 4.79 Å². The Bertz CT molecular complexity index is 515. The van der Waals surface area contributed by atoms with Gasteiger partial charge in [-0.15, -0.1) is 0 Å². The van der Waals surface area contributed by atoms with Gasteiger partial charge in [0.05, 0.1) is 5.71 Å². The van der Waals surface area contributed by atoms with E-state index in [0.29, 0.717) is 0 Å². The van der Waals surface area contributed by atoms with Gasteiger partial charge in [-0.25, -0.2) is 10.2 Å². The normalized spacial score (nSPS) is 17.2. The monoisotopic (exact) mass is 274 g/mol. The van der Waals surface area contributed by atoms with E-state index in [-0.39, 0.29) is 0 Å². The lowest BCUT2D eigenvalue weighted by molar-refractivity contribution is 0.0529. The number of hydrogen-bond acceptors (Lipinski definition) is 3. The summed E-state index contributed by atoms with van der Waals surface area (Å²) in [5.74, 6) is 0. The van der Waals surface area contributed by atoms with Crippen LogP contribution in [0.2, 0.25) is 0 Å². The Morgan fingerprint density at radius 3 is 2.65 bits per heavy atom. The number of hydrazone groups is 1. The van der Waals surface area contributed by atoms with Crippen LogP contribution in [0, 0.1) is 0 Å². The second-order valence-electron chi connectivity index (χ2n) is 6.04. The number of fused-ring (bicyclic) bond motifs is 1. The van der Waals surface area contributed by atoms with Crippen LogP contribution in [0.15, 0.2) is 29.4 Å². The van der Waals surface area contributed by atoms with Gasteiger partial charge in [-0.3, -0.25) is 0 Å². The van der Waals surface area contributed by atoms with Crippen LogP contribution in [-0.4, -0.2) is 17.4 Å². The third kappa shape index (κ3) is 4.08. The highest BCUT2D eigenvalue weighted by Gasteiger charge is 2.17. The molecule has 20 heavy (non-hydrogen) atoms. The fourth-order valence-electron chi connectivity index (χ4n) is 2.29. The first-order chi connectivity index (χ1) is 9.46. The fourth-order valence-corrected chi connectivity index (χ4v) is 2.29. The van der Waals surface area contributed by atoms with Gasteiger partial charge < -0.3 is 4.74 Å². The highest BCUT2D eigenvalue weighted by atomic mass is 16.6. The highest BCUT2D eigenvalue weighted by molar-refractivity contribution is 6.02. The van der Waals surface area contributed by atoms with Gasteiger partial charge in [-0.1, -0.05) is 24.3 Å². The second-order valence-corrected chi connectivity index (χ2v) is 6.04. The van der Waals surface area contributed by atoms with Gasteiger partial charge in [0, 0.05) is 5.56 Å². The van der Waals surface area contributed by atoms with E-state index >= 15 is 0 Å². The molecule has 4 heteroatoms. The molecule has 108 valence electrons. The van der Waals surface area contributed by atoms with Crippen LogP contribution >= 0.6 is 0 Å². The molecule has 0 atom stereocenters. The molecule has 1 N–H and O–H groups in total. The van der Waals surface area contributed by atoms with Crippen molar-refractivity contribution in [2.24, 2.45) is 5.10 Å². The van der Waals surface area contributed by atoms with E-state index < -0.39 is 11.7 Å². The van der Waals surface area contributed by atoms with E-state index in [4.69, 9.17) is 4.74 Å². The molecule has 4 nitrogen and oxygen atoms in total. The lowest BCUT2D eigenvalue weighted by Gasteiger charge is -2.18. The van der Waals surface area contributed by atoms with Crippen molar-refractivity contribution in [3.05, 3.63) is 35.4 Å². The quantitative estimate of drug-likeness (QED) is 0.628. The summed E-state index contributed by atoms with van der Waals surface area (Å²) in [6.07, 6.45) is 3.69. The van der Waals surface area contributed by atoms with Crippen molar-refractivity contribution < 1.29 is 9.53 Å². The van der Waals surface area contributed by atoms with Gasteiger partial charge in [0.1, 0.15) is 5.60 Å². The zero-order valence-corrected chi connectivity index (χ0v) is 12.4. The first-order valence-corrected chi connectivity index (χ1v) is 7.09. The number of hydrogen-bond donors (Lipinski definition) is 1. The number of nitrogens with one attached hydrogen (secondary N) is 1. The number of rotatable bonds is 1. The molecule has 1 aromatic rings. The van der Waals surface area contributed by atoms with Crippen LogP contribution in [0.5, 0.6) is 0 Å². The first-order valence-electron chi connectivity index (χ1n) is 7.09. The average Bonchev–Trinajstić information content (AvgIpc) is 2.56. The molecule has 1 aliphatic carbocycles. The highest BCUT2D eigenvalue weighted by Crippen LogP contribution is 2.20. The van der Waals surface area contributed by atoms with Gasteiger partial charge in [-0.05, 0) is 52.0 Å². The van der Waals surface area contributed by atoms with Crippen molar-refractivity contribution in [1.29, 1.82) is 0 Å². The van der Waals surface area contributed by atoms with Gasteiger partial charge in [0.2, 0.25) is 0 Å². The molecule has 0 radical (unpaired) electrons. The molecule has 0 heterocycles. The lowest BCUT2D eigenvalue weighted by Crippen LogP contribution is -2.30. The molecule has 0 fully saturated rings. The van der Waals surface area contributed by atoms with Crippen LogP contribution in [0.1, 0.15) is 51.2 Å². The number of ether oxygens (including phenoxy) is 1. The number of benzene rings is 1. The minimum atomic E-state index is -0.508. The third-order valence-corrected chi connectivity index (χ3v) is 3.12. The van der Waals surface area contributed by atoms with Crippen molar-refractivity contribution >= 4 is 11.8 Å². The molecule has 0 saturated heterocycles. The summed E-state index contributed by atoms with van der Waals surface area (Å²) in [6.45, 7) is 5.50. The average molecular weight is 274 g/mol. The summed E-state index contributed by atoms with van der Waals surface area (Å²) in [6, 6.07) is 8.25. The van der Waals surface area contributed by atoms with Crippen molar-refractivity contribution in [3.63, 3.8) is 0 Å². The molecular formula is C16H22N2O2. The topological polar surface area (TPSA) is 50.7 Å². The molecule has 1 aromatic carbocycles. The van der Waals surface area contributed by atoms with Crippen LogP contribution < -0.4 is 5.43 Å². The van der Waals surface area contributed by atoms with Crippen LogP contribution in [0.4, 0.5) is 4.79 Å². The van der Waals surface area contributed by atoms with E-state index in [1.54, 1.807) is 0 Å². The van der Waals surface area contributed by atoms with Crippen molar-refractivity contribution in [1.82, 2.24) is 5.43 Å². The van der Waals surface area contributed by atoms with E-state index in [2.05, 4.69) is 22.7 Å². The van der Waals surface area contributed by atoms with Crippen molar-refractivity contribution in [3.8, 4) is 0 Å². The fraction of sp³-hybridized carbons (Fsp3) is 0.500. The van der Waals surface area contributed by atoms with Crippen LogP contribution in [-0.2, 0) is 11.2 Å². The summed E-state index contributed by atoms with van der Waals surface area (Å²) in [7, 11) is 0. The Morgan fingerprint density at radius 2 is 1.90 bits per heavy atom. The van der Waals surface area contributed by atoms with Crippen molar-refractivity contribution in [2.75, 3.05) is 0 Å². The summed E-state index contributed by atoms with van der Waals surface area (Å²) in [4.78, 5) is 11.7. The predicted octanol–water partition coefficient (Wildman–Crippen LogP) is 3.64. The molecule has 0 aliphatic heterocycles. The van der Waals surface area contributed by atoms with Crippen LogP contribution in [0.25, 0.3) is 0 Å². The smallest absolute Gasteiger partial charge is 0.428 e. The third-order valence-electron chi connectivity index (χ3n) is 3.12. The molecule has 0 spiro atoms. The molecule has 0 aromatic heterocycles. The number of carbonyl (C=O) groups is 1. The maximum atomic E-state index is 11.7. The summed E-state index contributed by atoms with van der Waals surface area (Å²) >= 11 is 0.